The predicted octanol–water partition coefficient (Wildman–Crippen LogP) is -3.41. The Bertz CT molecular complexity index is 1280. The summed E-state index contributed by atoms with van der Waals surface area (Å²) in [4.78, 5) is 33.4. The third-order valence-corrected chi connectivity index (χ3v) is 4.72. The fourth-order valence-electron chi connectivity index (χ4n) is 2.50. The van der Waals surface area contributed by atoms with Crippen molar-refractivity contribution in [3.63, 3.8) is 0 Å². The van der Waals surface area contributed by atoms with Crippen LogP contribution < -0.4 is 40.5 Å². The second-order valence-corrected chi connectivity index (χ2v) is 7.16. The number of aromatic amines is 1. The van der Waals surface area contributed by atoms with Crippen molar-refractivity contribution in [3.05, 3.63) is 79.2 Å². The zero-order valence-corrected chi connectivity index (χ0v) is 20.6. The Kier molecular flexibility index (Phi) is 10.7. The standard InChI is InChI=1S/C16H13N5O7S.Cr.Na.H2O/c1-9-14(16(23)20(19-9)10-5-3-2-4-6-10)18-17-12-7-11(21(24)25)8-13(15(12)22)29(26,27)28;;;/h2-8,18-19H,1H3,(H,26,27,28);;;1H2/q;;+1;/p-1/b17-12-;;;. The molecule has 4 N–H and O–H groups in total. The predicted molar refractivity (Wildman–Crippen MR) is 104 cm³/mol. The van der Waals surface area contributed by atoms with Gasteiger partial charge in [0.05, 0.1) is 16.3 Å². The van der Waals surface area contributed by atoms with Crippen molar-refractivity contribution in [3.8, 4) is 5.69 Å². The van der Waals surface area contributed by atoms with E-state index in [2.05, 4.69) is 15.6 Å². The van der Waals surface area contributed by atoms with E-state index in [0.29, 0.717) is 23.5 Å². The van der Waals surface area contributed by atoms with Gasteiger partial charge in [0, 0.05) is 29.5 Å². The number of aromatic nitrogens is 2. The van der Waals surface area contributed by atoms with Crippen molar-refractivity contribution in [1.82, 2.24) is 9.78 Å². The van der Waals surface area contributed by atoms with Gasteiger partial charge in [0.1, 0.15) is 26.4 Å². The second kappa shape index (κ2) is 11.5. The van der Waals surface area contributed by atoms with Gasteiger partial charge in [-0.2, -0.15) is 5.10 Å². The number of aryl methyl sites for hydroxylation is 1. The minimum Gasteiger partial charge on any atom is -0.744 e. The Hall–Kier alpha value is -2.35. The van der Waals surface area contributed by atoms with Crippen molar-refractivity contribution >= 4 is 27.3 Å². The molecule has 3 rings (SSSR count). The number of nitro groups is 1. The van der Waals surface area contributed by atoms with E-state index in [-0.39, 0.29) is 58.1 Å². The van der Waals surface area contributed by atoms with Gasteiger partial charge in [0.2, 0.25) is 5.78 Å². The van der Waals surface area contributed by atoms with Gasteiger partial charge in [-0.05, 0) is 19.1 Å². The van der Waals surface area contributed by atoms with E-state index in [9.17, 15) is 32.7 Å². The Balaban J connectivity index is 0.00000320. The number of hydrazone groups is 1. The first-order valence-corrected chi connectivity index (χ1v) is 9.29. The van der Waals surface area contributed by atoms with Crippen molar-refractivity contribution in [2.24, 2.45) is 5.10 Å². The van der Waals surface area contributed by atoms with Crippen LogP contribution in [0.4, 0.5) is 5.69 Å². The number of para-hydroxylation sites is 1. The number of rotatable bonds is 5. The molecule has 1 aromatic carbocycles. The average Bonchev–Trinajstić information content (AvgIpc) is 2.94. The molecule has 0 amide bonds. The molecule has 0 atom stereocenters. The monoisotopic (exact) mass is 511 g/mol. The Morgan fingerprint density at radius 2 is 1.75 bits per heavy atom. The van der Waals surface area contributed by atoms with Gasteiger partial charge in [-0.1, -0.05) is 18.2 Å². The molecular weight excluding hydrogens is 497 g/mol. The maximum Gasteiger partial charge on any atom is 1.00 e. The van der Waals surface area contributed by atoms with Crippen LogP contribution in [0.5, 0.6) is 0 Å². The van der Waals surface area contributed by atoms with Crippen molar-refractivity contribution in [1.29, 1.82) is 0 Å². The largest absolute Gasteiger partial charge is 1.00 e. The molecule has 13 nitrogen and oxygen atoms in total. The third kappa shape index (κ3) is 6.12. The van der Waals surface area contributed by atoms with Gasteiger partial charge < -0.3 is 10.0 Å². The molecule has 0 unspecified atom stereocenters. The number of nitrogens with zero attached hydrogens (tertiary/aromatic N) is 3. The summed E-state index contributed by atoms with van der Waals surface area (Å²) in [5, 5.41) is 17.4. The molecule has 1 aliphatic carbocycles. The number of H-pyrrole nitrogens is 1. The summed E-state index contributed by atoms with van der Waals surface area (Å²) >= 11 is 0. The molecule has 0 spiro atoms. The van der Waals surface area contributed by atoms with E-state index in [1.165, 1.54) is 11.6 Å². The maximum atomic E-state index is 12.6. The average molecular weight is 511 g/mol. The molecule has 1 aromatic heterocycles. The van der Waals surface area contributed by atoms with Crippen molar-refractivity contribution in [2.45, 2.75) is 6.92 Å². The molecule has 0 fully saturated rings. The number of hydrogen-bond acceptors (Lipinski definition) is 9. The van der Waals surface area contributed by atoms with Gasteiger partial charge in [-0.3, -0.25) is 30.2 Å². The van der Waals surface area contributed by atoms with E-state index in [1.807, 2.05) is 0 Å². The fourth-order valence-corrected chi connectivity index (χ4v) is 3.10. The number of hydrogen-bond donors (Lipinski definition) is 2. The summed E-state index contributed by atoms with van der Waals surface area (Å²) in [7, 11) is -5.27. The summed E-state index contributed by atoms with van der Waals surface area (Å²) in [6, 6.07) is 8.53. The number of nitrogens with one attached hydrogen (secondary N) is 2. The molecule has 0 saturated heterocycles. The number of Topliss-reactive ketones (excluding diaryl/α,β-unsaturated/α-hetero) is 1. The first kappa shape index (κ1) is 29.7. The maximum absolute atomic E-state index is 12.6. The zero-order chi connectivity index (χ0) is 21.3. The van der Waals surface area contributed by atoms with Gasteiger partial charge >= 0.3 is 29.6 Å². The Morgan fingerprint density at radius 3 is 2.28 bits per heavy atom. The van der Waals surface area contributed by atoms with Crippen LogP contribution in [0.15, 0.2) is 63.0 Å². The summed E-state index contributed by atoms with van der Waals surface area (Å²) in [5.74, 6) is -1.32. The van der Waals surface area contributed by atoms with Crippen LogP contribution in [-0.2, 0) is 32.3 Å². The van der Waals surface area contributed by atoms with Crippen molar-refractivity contribution < 1.29 is 75.1 Å². The topological polar surface area (TPSA) is 211 Å². The molecule has 0 saturated carbocycles. The molecule has 0 bridgehead atoms. The minimum absolute atomic E-state index is 0. The molecule has 0 aliphatic heterocycles. The number of allylic oxidation sites excluding steroid dienone is 3. The Morgan fingerprint density at radius 1 is 1.16 bits per heavy atom. The van der Waals surface area contributed by atoms with Crippen LogP contribution >= 0.6 is 0 Å². The molecule has 1 aliphatic rings. The normalized spacial score (nSPS) is 14.3. The van der Waals surface area contributed by atoms with E-state index < -0.39 is 42.7 Å². The summed E-state index contributed by atoms with van der Waals surface area (Å²) in [6.45, 7) is 1.54. The molecule has 2 aromatic rings. The van der Waals surface area contributed by atoms with Crippen LogP contribution in [0.1, 0.15) is 5.69 Å². The number of anilines is 1. The van der Waals surface area contributed by atoms with E-state index in [0.717, 1.165) is 0 Å². The minimum atomic E-state index is -5.27. The number of carbonyl (C=O) groups excluding carboxylic acids is 1. The SMILES string of the molecule is Cc1[nH]n(-c2ccccc2)c(=O)c1N/N=C1/C=C([N+](=O)[O-])C=C(S(=O)(=O)[O-])C1=O.O.[Cr].[Na+]. The first-order chi connectivity index (χ1) is 13.6. The van der Waals surface area contributed by atoms with Crippen LogP contribution in [0.3, 0.4) is 0 Å². The molecular formula is C16H14CrN5NaO8S. The summed E-state index contributed by atoms with van der Waals surface area (Å²) in [6.07, 6.45) is 1.06. The fraction of sp³-hybridized carbons (Fsp3) is 0.0625. The second-order valence-electron chi connectivity index (χ2n) is 5.81. The molecule has 1 heterocycles. The van der Waals surface area contributed by atoms with Gasteiger partial charge in [-0.25, -0.2) is 13.1 Å². The van der Waals surface area contributed by atoms with E-state index >= 15 is 0 Å². The van der Waals surface area contributed by atoms with Crippen LogP contribution in [0.25, 0.3) is 5.69 Å². The molecule has 32 heavy (non-hydrogen) atoms. The van der Waals surface area contributed by atoms with E-state index in [1.54, 1.807) is 30.3 Å². The quantitative estimate of drug-likeness (QED) is 0.135. The molecule has 0 radical (unpaired) electrons. The summed E-state index contributed by atoms with van der Waals surface area (Å²) in [5.41, 5.74) is 1.00. The number of benzene rings is 1. The zero-order valence-electron chi connectivity index (χ0n) is 16.6. The smallest absolute Gasteiger partial charge is 0.744 e. The molecule has 164 valence electrons. The van der Waals surface area contributed by atoms with Crippen LogP contribution in [0.2, 0.25) is 0 Å². The van der Waals surface area contributed by atoms with Crippen LogP contribution in [0, 0.1) is 17.0 Å². The van der Waals surface area contributed by atoms with Gasteiger partial charge in [0.15, 0.2) is 0 Å². The van der Waals surface area contributed by atoms with Gasteiger partial charge in [0.25, 0.3) is 11.3 Å². The first-order valence-electron chi connectivity index (χ1n) is 7.88. The summed E-state index contributed by atoms with van der Waals surface area (Å²) < 4.78 is 34.9. The van der Waals surface area contributed by atoms with Gasteiger partial charge in [-0.15, -0.1) is 0 Å². The Labute approximate surface area is 213 Å². The number of carbonyl (C=O) groups is 1. The van der Waals surface area contributed by atoms with Crippen molar-refractivity contribution in [2.75, 3.05) is 5.43 Å². The van der Waals surface area contributed by atoms with Crippen LogP contribution in [-0.4, -0.2) is 44.6 Å². The third-order valence-electron chi connectivity index (χ3n) is 3.87. The van der Waals surface area contributed by atoms with E-state index in [4.69, 9.17) is 0 Å². The number of ketones is 1. The molecule has 16 heteroatoms.